The number of methoxy groups -OCH3 is 1. The number of aliphatic hydroxyl groups excluding tert-OH is 1. The molecule has 189 valence electrons. The van der Waals surface area contributed by atoms with Crippen LogP contribution in [0.3, 0.4) is 0 Å². The normalized spacial score (nSPS) is 18.4. The Morgan fingerprint density at radius 1 is 1.08 bits per heavy atom. The Balaban J connectivity index is 0.00000361. The molecule has 0 saturated heterocycles. The largest absolute Gasteiger partial charge is 0.497 e. The van der Waals surface area contributed by atoms with Crippen molar-refractivity contribution >= 4 is 17.8 Å². The number of benzene rings is 3. The Morgan fingerprint density at radius 2 is 1.83 bits per heavy atom. The second kappa shape index (κ2) is 11.5. The van der Waals surface area contributed by atoms with Gasteiger partial charge < -0.3 is 14.7 Å². The molecule has 0 amide bonds. The van der Waals surface area contributed by atoms with Gasteiger partial charge in [0.05, 0.1) is 13.3 Å². The molecule has 3 aromatic rings. The number of hydrogen-bond donors (Lipinski definition) is 1. The van der Waals surface area contributed by atoms with Crippen molar-refractivity contribution in [2.75, 3.05) is 18.6 Å². The Labute approximate surface area is 220 Å². The quantitative estimate of drug-likeness (QED) is 0.224. The van der Waals surface area contributed by atoms with E-state index in [1.54, 1.807) is 37.5 Å². The van der Waals surface area contributed by atoms with Gasteiger partial charge in [-0.05, 0) is 86.0 Å². The SMILES string of the molecule is CCN1\C(=C/C=N/N=C(\O)c2ccccc2)C(C)(Cc2cc(F)ccc2F)c2cc(OC)ccc21.[Co]. The average Bonchev–Trinajstić information content (AvgIpc) is 3.10. The first-order valence-corrected chi connectivity index (χ1v) is 11.3. The molecule has 1 N–H and O–H groups in total. The fourth-order valence-corrected chi connectivity index (χ4v) is 4.58. The van der Waals surface area contributed by atoms with E-state index in [4.69, 9.17) is 4.74 Å². The zero-order chi connectivity index (χ0) is 25.0. The monoisotopic (exact) mass is 534 g/mol. The molecule has 3 aromatic carbocycles. The Hall–Kier alpha value is -3.49. The molecular weight excluding hydrogens is 507 g/mol. The minimum atomic E-state index is -0.703. The van der Waals surface area contributed by atoms with Crippen molar-refractivity contribution < 1.29 is 35.4 Å². The Kier molecular flexibility index (Phi) is 8.65. The van der Waals surface area contributed by atoms with Crippen LogP contribution < -0.4 is 9.64 Å². The molecule has 8 heteroatoms. The number of allylic oxidation sites excluding steroid dienone is 2. The molecule has 1 heterocycles. The van der Waals surface area contributed by atoms with Crippen molar-refractivity contribution in [1.82, 2.24) is 0 Å². The molecule has 1 radical (unpaired) electrons. The van der Waals surface area contributed by atoms with Crippen molar-refractivity contribution in [3.63, 3.8) is 0 Å². The molecule has 0 bridgehead atoms. The fourth-order valence-electron chi connectivity index (χ4n) is 4.58. The summed E-state index contributed by atoms with van der Waals surface area (Å²) in [5.74, 6) is -0.467. The van der Waals surface area contributed by atoms with E-state index < -0.39 is 17.0 Å². The standard InChI is InChI=1S/C28H27F2N3O2.Co/c1-4-33-25-13-11-22(35-3)17-23(25)28(2,18-20-16-21(29)10-12-24(20)30)26(33)14-15-31-32-27(34)19-8-6-5-7-9-19;/h5-17H,4,18H2,1-3H3,(H,32,34);/b26-14-,31-15+;. The van der Waals surface area contributed by atoms with E-state index in [0.717, 1.165) is 29.1 Å². The number of nitrogens with zero attached hydrogens (tertiary/aromatic N) is 3. The Morgan fingerprint density at radius 3 is 2.53 bits per heavy atom. The average molecular weight is 534 g/mol. The van der Waals surface area contributed by atoms with Gasteiger partial charge in [-0.25, -0.2) is 8.78 Å². The smallest absolute Gasteiger partial charge is 0.238 e. The van der Waals surface area contributed by atoms with Crippen LogP contribution in [0.15, 0.2) is 88.7 Å². The minimum Gasteiger partial charge on any atom is -0.497 e. The molecular formula is C28H27CoF2N3O2. The maximum Gasteiger partial charge on any atom is 0.238 e. The third kappa shape index (κ3) is 5.34. The zero-order valence-corrected chi connectivity index (χ0v) is 21.2. The topological polar surface area (TPSA) is 57.4 Å². The van der Waals surface area contributed by atoms with E-state index >= 15 is 0 Å². The molecule has 0 aromatic heterocycles. The van der Waals surface area contributed by atoms with Gasteiger partial charge in [-0.15, -0.1) is 5.10 Å². The van der Waals surface area contributed by atoms with Crippen LogP contribution >= 0.6 is 0 Å². The summed E-state index contributed by atoms with van der Waals surface area (Å²) in [5.41, 5.74) is 2.89. The first-order valence-electron chi connectivity index (χ1n) is 11.3. The maximum absolute atomic E-state index is 14.7. The number of anilines is 1. The van der Waals surface area contributed by atoms with Gasteiger partial charge in [0, 0.05) is 45.7 Å². The van der Waals surface area contributed by atoms with E-state index in [-0.39, 0.29) is 34.7 Å². The molecule has 0 saturated carbocycles. The number of likely N-dealkylation sites (N-methyl/N-ethyl adjacent to an activating group) is 1. The molecule has 0 fully saturated rings. The molecule has 0 spiro atoms. The van der Waals surface area contributed by atoms with Crippen molar-refractivity contribution in [3.8, 4) is 5.75 Å². The molecule has 0 aliphatic carbocycles. The van der Waals surface area contributed by atoms with E-state index in [0.29, 0.717) is 17.9 Å². The number of halogens is 2. The van der Waals surface area contributed by atoms with E-state index in [9.17, 15) is 13.9 Å². The van der Waals surface area contributed by atoms with Crippen LogP contribution in [0.1, 0.15) is 30.5 Å². The molecule has 1 unspecified atom stereocenters. The van der Waals surface area contributed by atoms with E-state index in [1.807, 2.05) is 38.1 Å². The van der Waals surface area contributed by atoms with Gasteiger partial charge >= 0.3 is 0 Å². The van der Waals surface area contributed by atoms with Crippen LogP contribution in [0.25, 0.3) is 0 Å². The summed E-state index contributed by atoms with van der Waals surface area (Å²) in [7, 11) is 1.60. The van der Waals surface area contributed by atoms with Gasteiger partial charge in [-0.1, -0.05) is 18.2 Å². The van der Waals surface area contributed by atoms with E-state index in [1.165, 1.54) is 12.3 Å². The predicted molar refractivity (Wildman–Crippen MR) is 136 cm³/mol. The minimum absolute atomic E-state index is 0. The van der Waals surface area contributed by atoms with Crippen molar-refractivity contribution in [2.24, 2.45) is 10.2 Å². The van der Waals surface area contributed by atoms with E-state index in [2.05, 4.69) is 15.1 Å². The molecule has 1 atom stereocenters. The first kappa shape index (κ1) is 27.1. The third-order valence-corrected chi connectivity index (χ3v) is 6.30. The summed E-state index contributed by atoms with van der Waals surface area (Å²) in [6.45, 7) is 4.67. The van der Waals surface area contributed by atoms with Crippen LogP contribution in [0.4, 0.5) is 14.5 Å². The predicted octanol–water partition coefficient (Wildman–Crippen LogP) is 6.19. The van der Waals surface area contributed by atoms with Crippen molar-refractivity contribution in [3.05, 3.63) is 107 Å². The number of aliphatic hydroxyl groups is 1. The van der Waals surface area contributed by atoms with Crippen LogP contribution in [-0.2, 0) is 28.6 Å². The van der Waals surface area contributed by atoms with Gasteiger partial charge in [0.2, 0.25) is 5.90 Å². The number of hydrogen-bond acceptors (Lipinski definition) is 4. The van der Waals surface area contributed by atoms with Gasteiger partial charge in [0.1, 0.15) is 17.4 Å². The fraction of sp³-hybridized carbons (Fsp3) is 0.214. The van der Waals surface area contributed by atoms with Crippen molar-refractivity contribution in [2.45, 2.75) is 25.7 Å². The second-order valence-corrected chi connectivity index (χ2v) is 8.48. The summed E-state index contributed by atoms with van der Waals surface area (Å²) >= 11 is 0. The van der Waals surface area contributed by atoms with Crippen LogP contribution in [-0.4, -0.2) is 30.9 Å². The molecule has 1 aliphatic heterocycles. The first-order chi connectivity index (χ1) is 16.9. The summed E-state index contributed by atoms with van der Waals surface area (Å²) in [4.78, 5) is 2.11. The molecule has 36 heavy (non-hydrogen) atoms. The van der Waals surface area contributed by atoms with Crippen LogP contribution in [0.5, 0.6) is 5.75 Å². The summed E-state index contributed by atoms with van der Waals surface area (Å²) in [6.07, 6.45) is 3.53. The van der Waals surface area contributed by atoms with Gasteiger partial charge in [0.15, 0.2) is 0 Å². The summed E-state index contributed by atoms with van der Waals surface area (Å²) in [6, 6.07) is 18.2. The van der Waals surface area contributed by atoms with Gasteiger partial charge in [0.25, 0.3) is 0 Å². The summed E-state index contributed by atoms with van der Waals surface area (Å²) in [5, 5.41) is 18.1. The van der Waals surface area contributed by atoms with Crippen LogP contribution in [0, 0.1) is 11.6 Å². The number of rotatable bonds is 7. The number of ether oxygens (including phenoxy) is 1. The zero-order valence-electron chi connectivity index (χ0n) is 20.2. The maximum atomic E-state index is 14.7. The van der Waals surface area contributed by atoms with Crippen LogP contribution in [0.2, 0.25) is 0 Å². The molecule has 5 nitrogen and oxygen atoms in total. The van der Waals surface area contributed by atoms with Gasteiger partial charge in [-0.2, -0.15) is 5.10 Å². The van der Waals surface area contributed by atoms with Crippen molar-refractivity contribution in [1.29, 1.82) is 0 Å². The number of fused-ring (bicyclic) bond motifs is 1. The molecule has 1 aliphatic rings. The molecule has 4 rings (SSSR count). The third-order valence-electron chi connectivity index (χ3n) is 6.30. The van der Waals surface area contributed by atoms with Gasteiger partial charge in [-0.3, -0.25) is 0 Å². The Bertz CT molecular complexity index is 1310. The second-order valence-electron chi connectivity index (χ2n) is 8.48. The summed E-state index contributed by atoms with van der Waals surface area (Å²) < 4.78 is 34.1.